The molecular weight excluding hydrogens is 272 g/mol. The van der Waals surface area contributed by atoms with E-state index >= 15 is 0 Å². The molecule has 2 amide bonds. The summed E-state index contributed by atoms with van der Waals surface area (Å²) in [5.41, 5.74) is 0.527. The van der Waals surface area contributed by atoms with Gasteiger partial charge < -0.3 is 20.1 Å². The maximum Gasteiger partial charge on any atom is 0.247 e. The fourth-order valence-electron chi connectivity index (χ4n) is 1.87. The molecule has 0 fully saturated rings. The summed E-state index contributed by atoms with van der Waals surface area (Å²) in [6, 6.07) is 4.49. The minimum absolute atomic E-state index is 0.0295. The third-order valence-electron chi connectivity index (χ3n) is 2.97. The molecule has 0 saturated heterocycles. The van der Waals surface area contributed by atoms with Crippen LogP contribution in [0.2, 0.25) is 0 Å². The van der Waals surface area contributed by atoms with Gasteiger partial charge in [0.2, 0.25) is 11.8 Å². The number of anilines is 1. The van der Waals surface area contributed by atoms with Crippen LogP contribution in [0.4, 0.5) is 5.69 Å². The summed E-state index contributed by atoms with van der Waals surface area (Å²) in [6.45, 7) is 5.12. The Labute approximate surface area is 124 Å². The number of carbonyl (C=O) groups is 2. The maximum atomic E-state index is 12.3. The van der Waals surface area contributed by atoms with Gasteiger partial charge in [0.25, 0.3) is 0 Å². The van der Waals surface area contributed by atoms with Crippen molar-refractivity contribution in [3.8, 4) is 11.5 Å². The first kappa shape index (κ1) is 16.8. The third kappa shape index (κ3) is 4.66. The second-order valence-corrected chi connectivity index (χ2v) is 4.98. The lowest BCUT2D eigenvalue weighted by Gasteiger charge is -2.21. The Morgan fingerprint density at radius 3 is 2.29 bits per heavy atom. The van der Waals surface area contributed by atoms with Crippen LogP contribution < -0.4 is 20.1 Å². The van der Waals surface area contributed by atoms with Gasteiger partial charge in [0.15, 0.2) is 0 Å². The van der Waals surface area contributed by atoms with Crippen LogP contribution in [-0.4, -0.2) is 32.1 Å². The molecule has 0 saturated carbocycles. The molecule has 21 heavy (non-hydrogen) atoms. The quantitative estimate of drug-likeness (QED) is 0.839. The number of benzene rings is 1. The van der Waals surface area contributed by atoms with Crippen LogP contribution in [0, 0.1) is 5.92 Å². The number of methoxy groups -OCH3 is 2. The smallest absolute Gasteiger partial charge is 0.247 e. The van der Waals surface area contributed by atoms with Crippen LogP contribution in [0.15, 0.2) is 18.2 Å². The Morgan fingerprint density at radius 2 is 1.81 bits per heavy atom. The molecule has 1 aromatic carbocycles. The van der Waals surface area contributed by atoms with Crippen molar-refractivity contribution < 1.29 is 19.1 Å². The van der Waals surface area contributed by atoms with Gasteiger partial charge in [-0.2, -0.15) is 0 Å². The minimum Gasteiger partial charge on any atom is -0.497 e. The van der Waals surface area contributed by atoms with E-state index in [1.807, 2.05) is 13.8 Å². The van der Waals surface area contributed by atoms with Crippen LogP contribution in [-0.2, 0) is 9.59 Å². The molecule has 0 radical (unpaired) electrons. The molecule has 2 N–H and O–H groups in total. The van der Waals surface area contributed by atoms with Gasteiger partial charge in [-0.15, -0.1) is 0 Å². The lowest BCUT2D eigenvalue weighted by Crippen LogP contribution is -2.46. The number of rotatable bonds is 6. The monoisotopic (exact) mass is 294 g/mol. The van der Waals surface area contributed by atoms with E-state index in [-0.39, 0.29) is 17.7 Å². The second-order valence-electron chi connectivity index (χ2n) is 4.98. The van der Waals surface area contributed by atoms with Gasteiger partial charge in [0.1, 0.15) is 17.5 Å². The lowest BCUT2D eigenvalue weighted by atomic mass is 10.0. The van der Waals surface area contributed by atoms with Crippen molar-refractivity contribution in [3.05, 3.63) is 18.2 Å². The van der Waals surface area contributed by atoms with E-state index < -0.39 is 6.04 Å². The van der Waals surface area contributed by atoms with Gasteiger partial charge in [-0.3, -0.25) is 9.59 Å². The Hall–Kier alpha value is -2.24. The van der Waals surface area contributed by atoms with Crippen molar-refractivity contribution in [3.63, 3.8) is 0 Å². The first-order valence-corrected chi connectivity index (χ1v) is 6.69. The third-order valence-corrected chi connectivity index (χ3v) is 2.97. The largest absolute Gasteiger partial charge is 0.497 e. The van der Waals surface area contributed by atoms with E-state index in [2.05, 4.69) is 10.6 Å². The highest BCUT2D eigenvalue weighted by Crippen LogP contribution is 2.29. The normalized spacial score (nSPS) is 11.7. The van der Waals surface area contributed by atoms with E-state index in [0.29, 0.717) is 17.2 Å². The van der Waals surface area contributed by atoms with Crippen LogP contribution in [0.3, 0.4) is 0 Å². The minimum atomic E-state index is -0.602. The Bertz CT molecular complexity index is 514. The zero-order valence-corrected chi connectivity index (χ0v) is 13.0. The molecule has 6 nitrogen and oxygen atoms in total. The highest BCUT2D eigenvalue weighted by atomic mass is 16.5. The predicted molar refractivity (Wildman–Crippen MR) is 80.6 cm³/mol. The Morgan fingerprint density at radius 1 is 1.14 bits per heavy atom. The van der Waals surface area contributed by atoms with Gasteiger partial charge in [0.05, 0.1) is 19.9 Å². The summed E-state index contributed by atoms with van der Waals surface area (Å²) >= 11 is 0. The molecule has 6 heteroatoms. The van der Waals surface area contributed by atoms with Crippen molar-refractivity contribution in [1.29, 1.82) is 0 Å². The molecule has 0 bridgehead atoms. The van der Waals surface area contributed by atoms with Crippen LogP contribution >= 0.6 is 0 Å². The number of hydrogen-bond acceptors (Lipinski definition) is 4. The van der Waals surface area contributed by atoms with Crippen molar-refractivity contribution >= 4 is 17.5 Å². The summed E-state index contributed by atoms with van der Waals surface area (Å²) in [7, 11) is 3.07. The number of ether oxygens (including phenoxy) is 2. The average molecular weight is 294 g/mol. The van der Waals surface area contributed by atoms with E-state index in [9.17, 15) is 9.59 Å². The molecular formula is C15H22N2O4. The SMILES string of the molecule is COc1ccc(NC(=O)[C@H](NC(C)=O)C(C)C)c(OC)c1. The molecule has 1 rings (SSSR count). The van der Waals surface area contributed by atoms with Crippen LogP contribution in [0.25, 0.3) is 0 Å². The van der Waals surface area contributed by atoms with Gasteiger partial charge in [-0.25, -0.2) is 0 Å². The maximum absolute atomic E-state index is 12.3. The summed E-state index contributed by atoms with van der Waals surface area (Å²) in [6.07, 6.45) is 0. The predicted octanol–water partition coefficient (Wildman–Crippen LogP) is 1.80. The Kier molecular flexibility index (Phi) is 6.02. The van der Waals surface area contributed by atoms with E-state index in [1.54, 1.807) is 25.3 Å². The number of hydrogen-bond donors (Lipinski definition) is 2. The van der Waals surface area contributed by atoms with Gasteiger partial charge >= 0.3 is 0 Å². The van der Waals surface area contributed by atoms with Gasteiger partial charge in [0, 0.05) is 13.0 Å². The standard InChI is InChI=1S/C15H22N2O4/c1-9(2)14(16-10(3)18)15(19)17-12-7-6-11(20-4)8-13(12)21-5/h6-9,14H,1-5H3,(H,16,18)(H,17,19)/t14-/m1/s1. The van der Waals surface area contributed by atoms with E-state index in [1.165, 1.54) is 14.0 Å². The first-order valence-electron chi connectivity index (χ1n) is 6.69. The molecule has 0 unspecified atom stereocenters. The van der Waals surface area contributed by atoms with Crippen molar-refractivity contribution in [2.75, 3.05) is 19.5 Å². The van der Waals surface area contributed by atoms with Gasteiger partial charge in [-0.1, -0.05) is 13.8 Å². The molecule has 116 valence electrons. The van der Waals surface area contributed by atoms with Crippen LogP contribution in [0.1, 0.15) is 20.8 Å². The highest BCUT2D eigenvalue weighted by Gasteiger charge is 2.23. The second kappa shape index (κ2) is 7.52. The van der Waals surface area contributed by atoms with Crippen LogP contribution in [0.5, 0.6) is 11.5 Å². The summed E-state index contributed by atoms with van der Waals surface area (Å²) < 4.78 is 10.3. The van der Waals surface area contributed by atoms with Crippen molar-refractivity contribution in [1.82, 2.24) is 5.32 Å². The fourth-order valence-corrected chi connectivity index (χ4v) is 1.87. The van der Waals surface area contributed by atoms with Crippen molar-refractivity contribution in [2.45, 2.75) is 26.8 Å². The molecule has 0 aliphatic carbocycles. The summed E-state index contributed by atoms with van der Waals surface area (Å²) in [4.78, 5) is 23.5. The zero-order valence-electron chi connectivity index (χ0n) is 13.0. The molecule has 0 aliphatic rings. The molecule has 1 aromatic rings. The van der Waals surface area contributed by atoms with E-state index in [0.717, 1.165) is 0 Å². The summed E-state index contributed by atoms with van der Waals surface area (Å²) in [5, 5.41) is 5.41. The highest BCUT2D eigenvalue weighted by molar-refractivity contribution is 5.98. The Balaban J connectivity index is 2.92. The zero-order chi connectivity index (χ0) is 16.0. The van der Waals surface area contributed by atoms with E-state index in [4.69, 9.17) is 9.47 Å². The fraction of sp³-hybridized carbons (Fsp3) is 0.467. The first-order chi connectivity index (χ1) is 9.88. The lowest BCUT2D eigenvalue weighted by molar-refractivity contribution is -0.126. The topological polar surface area (TPSA) is 76.7 Å². The molecule has 0 spiro atoms. The number of carbonyl (C=O) groups excluding carboxylic acids is 2. The average Bonchev–Trinajstić information content (AvgIpc) is 2.44. The number of nitrogens with one attached hydrogen (secondary N) is 2. The van der Waals surface area contributed by atoms with Gasteiger partial charge in [-0.05, 0) is 18.1 Å². The van der Waals surface area contributed by atoms with Crippen molar-refractivity contribution in [2.24, 2.45) is 5.92 Å². The molecule has 0 aromatic heterocycles. The molecule has 0 aliphatic heterocycles. The molecule has 0 heterocycles. The number of amides is 2. The summed E-state index contributed by atoms with van der Waals surface area (Å²) in [5.74, 6) is 0.563. The molecule has 1 atom stereocenters.